The second-order valence-corrected chi connectivity index (χ2v) is 10.6. The van der Waals surface area contributed by atoms with Crippen LogP contribution in [0.3, 0.4) is 0 Å². The molecule has 0 saturated heterocycles. The van der Waals surface area contributed by atoms with Crippen LogP contribution in [0, 0.1) is 0 Å². The number of nitrogens with two attached hydrogens (primary N) is 1. The molecule has 180 valence electrons. The molecule has 0 saturated carbocycles. The molecule has 0 aromatic heterocycles. The molecule has 1 heterocycles. The molecule has 3 rings (SSSR count). The minimum absolute atomic E-state index is 0.114. The van der Waals surface area contributed by atoms with Gasteiger partial charge in [0.15, 0.2) is 0 Å². The van der Waals surface area contributed by atoms with Crippen molar-refractivity contribution in [3.63, 3.8) is 0 Å². The zero-order chi connectivity index (χ0) is 24.2. The van der Waals surface area contributed by atoms with Gasteiger partial charge in [-0.1, -0.05) is 38.0 Å². The highest BCUT2D eigenvalue weighted by Gasteiger charge is 2.37. The number of amides is 1. The first-order chi connectivity index (χ1) is 15.7. The van der Waals surface area contributed by atoms with Crippen LogP contribution >= 0.6 is 22.5 Å². The summed E-state index contributed by atoms with van der Waals surface area (Å²) in [6.07, 6.45) is 5.21. The molecule has 0 aliphatic carbocycles. The molecule has 1 aliphatic heterocycles. The number of ether oxygens (including phenoxy) is 1. The molecule has 0 radical (unpaired) electrons. The Hall–Kier alpha value is -2.24. The number of carbonyl (C=O) groups excluding carboxylic acids is 1. The maximum absolute atomic E-state index is 13.7. The number of para-hydroxylation sites is 1. The molecule has 1 amide bonds. The number of carbonyl (C=O) groups is 1. The van der Waals surface area contributed by atoms with E-state index in [-0.39, 0.29) is 16.7 Å². The number of unbranched alkanes of at least 4 members (excludes halogenated alkanes) is 1. The number of anilines is 2. The summed E-state index contributed by atoms with van der Waals surface area (Å²) in [5.41, 5.74) is 6.51. The van der Waals surface area contributed by atoms with Crippen molar-refractivity contribution in [3.8, 4) is 5.75 Å². The molecule has 0 spiro atoms. The van der Waals surface area contributed by atoms with E-state index in [4.69, 9.17) is 10.5 Å². The van der Waals surface area contributed by atoms with Gasteiger partial charge in [0, 0.05) is 31.4 Å². The minimum Gasteiger partial charge on any atom is -0.460 e. The number of hydrogen-bond donors (Lipinski definition) is 3. The lowest BCUT2D eigenvalue weighted by Gasteiger charge is -2.43. The number of rotatable bonds is 8. The highest BCUT2D eigenvalue weighted by atomic mass is 32.3. The third-order valence-electron chi connectivity index (χ3n) is 5.62. The molecule has 2 aromatic rings. The van der Waals surface area contributed by atoms with Crippen molar-refractivity contribution in [1.82, 2.24) is 4.31 Å². The molecule has 1 unspecified atom stereocenters. The fraction of sp³-hybridized carbons (Fsp3) is 0.348. The van der Waals surface area contributed by atoms with Crippen LogP contribution in [0.2, 0.25) is 0 Å². The summed E-state index contributed by atoms with van der Waals surface area (Å²) in [6.45, 7) is 2.67. The summed E-state index contributed by atoms with van der Waals surface area (Å²) in [6, 6.07) is 13.0. The van der Waals surface area contributed by atoms with Gasteiger partial charge < -0.3 is 15.4 Å². The molecular weight excluding hydrogens is 465 g/mol. The van der Waals surface area contributed by atoms with Crippen molar-refractivity contribution < 1.29 is 23.0 Å². The topological polar surface area (TPSA) is 99.3 Å². The Kier molecular flexibility index (Phi) is 8.30. The van der Waals surface area contributed by atoms with E-state index in [9.17, 15) is 18.3 Å². The van der Waals surface area contributed by atoms with Crippen molar-refractivity contribution in [2.75, 3.05) is 24.7 Å². The predicted molar refractivity (Wildman–Crippen MR) is 133 cm³/mol. The standard InChI is InChI=1S/C23H30FN3O4S2/c1-4-5-9-17-14-27(16-10-7-6-8-11-16)19-12-21(32-3)20(31-15-18(24)23(25)28)13-22(19)33(29,30)26(17)2/h6-8,10-13,15,17,29-30H,4-5,9,14H2,1-3H3,(H2,25,28)/b18-15-. The number of hydrogen-bond acceptors (Lipinski definition) is 7. The average Bonchev–Trinajstić information content (AvgIpc) is 2.89. The van der Waals surface area contributed by atoms with Gasteiger partial charge in [0.25, 0.3) is 5.91 Å². The summed E-state index contributed by atoms with van der Waals surface area (Å²) >= 11 is 1.36. The van der Waals surface area contributed by atoms with Gasteiger partial charge in [0.05, 0.1) is 10.6 Å². The second kappa shape index (κ2) is 10.8. The monoisotopic (exact) mass is 495 g/mol. The number of nitrogens with zero attached hydrogens (tertiary/aromatic N) is 2. The third kappa shape index (κ3) is 5.47. The van der Waals surface area contributed by atoms with E-state index in [1.54, 1.807) is 11.4 Å². The van der Waals surface area contributed by atoms with Gasteiger partial charge in [0.1, 0.15) is 16.9 Å². The van der Waals surface area contributed by atoms with Crippen molar-refractivity contribution in [1.29, 1.82) is 0 Å². The summed E-state index contributed by atoms with van der Waals surface area (Å²) in [4.78, 5) is 14.0. The molecule has 0 bridgehead atoms. The third-order valence-corrected chi connectivity index (χ3v) is 8.40. The van der Waals surface area contributed by atoms with Crippen LogP contribution < -0.4 is 15.4 Å². The van der Waals surface area contributed by atoms with E-state index in [1.165, 1.54) is 17.8 Å². The maximum atomic E-state index is 13.7. The molecular formula is C23H30FN3O4S2. The van der Waals surface area contributed by atoms with Crippen molar-refractivity contribution >= 4 is 39.8 Å². The Balaban J connectivity index is 2.19. The second-order valence-electron chi connectivity index (χ2n) is 7.73. The average molecular weight is 496 g/mol. The van der Waals surface area contributed by atoms with Gasteiger partial charge in [-0.15, -0.1) is 22.5 Å². The first-order valence-electron chi connectivity index (χ1n) is 10.6. The SMILES string of the molecule is CCCCC1CN(c2ccccc2)c2cc(SC)c(O/C=C(\F)C(N)=O)cc2S(O)(O)N1C. The van der Waals surface area contributed by atoms with E-state index < -0.39 is 22.5 Å². The van der Waals surface area contributed by atoms with Crippen LogP contribution in [0.25, 0.3) is 0 Å². The Morgan fingerprint density at radius 3 is 2.64 bits per heavy atom. The summed E-state index contributed by atoms with van der Waals surface area (Å²) in [5.74, 6) is -2.27. The lowest BCUT2D eigenvalue weighted by atomic mass is 10.1. The molecule has 0 fully saturated rings. The molecule has 1 aliphatic rings. The van der Waals surface area contributed by atoms with E-state index in [0.29, 0.717) is 23.4 Å². The van der Waals surface area contributed by atoms with Gasteiger partial charge >= 0.3 is 0 Å². The largest absolute Gasteiger partial charge is 0.460 e. The Morgan fingerprint density at radius 2 is 2.03 bits per heavy atom. The lowest BCUT2D eigenvalue weighted by molar-refractivity contribution is -0.116. The lowest BCUT2D eigenvalue weighted by Crippen LogP contribution is -2.39. The number of halogens is 1. The van der Waals surface area contributed by atoms with Crippen molar-refractivity contribution in [2.24, 2.45) is 5.73 Å². The quantitative estimate of drug-likeness (QED) is 0.244. The zero-order valence-corrected chi connectivity index (χ0v) is 20.5. The highest BCUT2D eigenvalue weighted by Crippen LogP contribution is 2.60. The molecule has 1 atom stereocenters. The van der Waals surface area contributed by atoms with Gasteiger partial charge in [0.2, 0.25) is 5.83 Å². The highest BCUT2D eigenvalue weighted by molar-refractivity contribution is 8.22. The van der Waals surface area contributed by atoms with Crippen LogP contribution in [-0.4, -0.2) is 45.2 Å². The fourth-order valence-corrected chi connectivity index (χ4v) is 5.89. The van der Waals surface area contributed by atoms with Crippen LogP contribution in [-0.2, 0) is 4.79 Å². The Bertz CT molecular complexity index is 1020. The molecule has 7 nitrogen and oxygen atoms in total. The van der Waals surface area contributed by atoms with E-state index >= 15 is 0 Å². The van der Waals surface area contributed by atoms with Crippen molar-refractivity contribution in [2.45, 2.75) is 42.0 Å². The zero-order valence-electron chi connectivity index (χ0n) is 18.9. The van der Waals surface area contributed by atoms with Crippen LogP contribution in [0.1, 0.15) is 26.2 Å². The van der Waals surface area contributed by atoms with Gasteiger partial charge in [-0.3, -0.25) is 13.9 Å². The first-order valence-corrected chi connectivity index (χ1v) is 13.3. The van der Waals surface area contributed by atoms with E-state index in [2.05, 4.69) is 11.8 Å². The number of fused-ring (bicyclic) bond motifs is 1. The first kappa shape index (κ1) is 25.4. The Labute approximate surface area is 199 Å². The number of benzene rings is 2. The van der Waals surface area contributed by atoms with Crippen molar-refractivity contribution in [3.05, 3.63) is 54.6 Å². The van der Waals surface area contributed by atoms with Crippen LogP contribution in [0.15, 0.2) is 64.3 Å². The van der Waals surface area contributed by atoms with Gasteiger partial charge in [-0.2, -0.15) is 4.39 Å². The van der Waals surface area contributed by atoms with E-state index in [0.717, 1.165) is 24.9 Å². The minimum atomic E-state index is -3.38. The summed E-state index contributed by atoms with van der Waals surface area (Å²) < 4.78 is 43.5. The van der Waals surface area contributed by atoms with Crippen LogP contribution in [0.5, 0.6) is 5.75 Å². The predicted octanol–water partition coefficient (Wildman–Crippen LogP) is 5.75. The van der Waals surface area contributed by atoms with Crippen LogP contribution in [0.4, 0.5) is 15.8 Å². The van der Waals surface area contributed by atoms with Gasteiger partial charge in [-0.25, -0.2) is 4.31 Å². The Morgan fingerprint density at radius 1 is 1.33 bits per heavy atom. The smallest absolute Gasteiger partial charge is 0.280 e. The maximum Gasteiger partial charge on any atom is 0.280 e. The normalized spacial score (nSPS) is 19.5. The molecule has 4 N–H and O–H groups in total. The van der Waals surface area contributed by atoms with E-state index in [1.807, 2.05) is 42.7 Å². The number of thioether (sulfide) groups is 1. The summed E-state index contributed by atoms with van der Waals surface area (Å²) in [7, 11) is -1.67. The van der Waals surface area contributed by atoms with Gasteiger partial charge in [-0.05, 0) is 30.9 Å². The molecule has 2 aromatic carbocycles. The molecule has 10 heteroatoms. The summed E-state index contributed by atoms with van der Waals surface area (Å²) in [5, 5.41) is 0. The fourth-order valence-electron chi connectivity index (χ4n) is 3.74. The number of primary amides is 1. The molecule has 33 heavy (non-hydrogen) atoms. The number of likely N-dealkylation sites (N-methyl/N-ethyl adjacent to an activating group) is 1.